The van der Waals surface area contributed by atoms with Crippen LogP contribution in [-0.4, -0.2) is 44.3 Å². The number of ether oxygens (including phenoxy) is 1. The number of amides is 2. The summed E-state index contributed by atoms with van der Waals surface area (Å²) >= 11 is 0. The molecular weight excluding hydrogens is 509 g/mol. The zero-order valence-electron chi connectivity index (χ0n) is 21.4. The highest BCUT2D eigenvalue weighted by Gasteiger charge is 2.26. The van der Waals surface area contributed by atoms with E-state index < -0.39 is 21.9 Å². The molecule has 0 radical (unpaired) electrons. The Bertz CT molecular complexity index is 1300. The molecule has 3 rings (SSSR count). The second kappa shape index (κ2) is 13.6. The number of halogens is 1. The molecule has 0 heterocycles. The van der Waals surface area contributed by atoms with Crippen LogP contribution in [0.25, 0.3) is 0 Å². The van der Waals surface area contributed by atoms with E-state index in [1.807, 2.05) is 37.3 Å². The largest absolute Gasteiger partial charge is 0.484 e. The molecule has 38 heavy (non-hydrogen) atoms. The second-order valence-corrected chi connectivity index (χ2v) is 10.4. The number of anilines is 1. The molecule has 2 N–H and O–H groups in total. The molecule has 1 atom stereocenters. The van der Waals surface area contributed by atoms with E-state index in [0.29, 0.717) is 12.3 Å². The lowest BCUT2D eigenvalue weighted by atomic mass is 10.1. The fourth-order valence-corrected chi connectivity index (χ4v) is 4.63. The van der Waals surface area contributed by atoms with Gasteiger partial charge in [0.1, 0.15) is 17.6 Å². The number of nitrogens with zero attached hydrogens (tertiary/aromatic N) is 1. The topological polar surface area (TPSA) is 105 Å². The number of benzene rings is 3. The van der Waals surface area contributed by atoms with Crippen LogP contribution >= 0.6 is 0 Å². The summed E-state index contributed by atoms with van der Waals surface area (Å²) in [5.74, 6) is -0.816. The van der Waals surface area contributed by atoms with Gasteiger partial charge in [0.2, 0.25) is 5.91 Å². The zero-order valence-corrected chi connectivity index (χ0v) is 22.2. The fourth-order valence-electron chi connectivity index (χ4n) is 3.57. The number of unbranched alkanes of at least 4 members (excludes halogenated alkanes) is 1. The fraction of sp³-hybridized carbons (Fsp3) is 0.286. The zero-order chi connectivity index (χ0) is 27.5. The lowest BCUT2D eigenvalue weighted by Crippen LogP contribution is -2.49. The van der Waals surface area contributed by atoms with Gasteiger partial charge in [0.25, 0.3) is 15.9 Å². The highest BCUT2D eigenvalue weighted by molar-refractivity contribution is 7.92. The van der Waals surface area contributed by atoms with Gasteiger partial charge < -0.3 is 15.0 Å². The van der Waals surface area contributed by atoms with Crippen LogP contribution in [0.3, 0.4) is 0 Å². The van der Waals surface area contributed by atoms with Gasteiger partial charge in [0.05, 0.1) is 4.90 Å². The van der Waals surface area contributed by atoms with Crippen LogP contribution in [0.2, 0.25) is 0 Å². The monoisotopic (exact) mass is 541 g/mol. The van der Waals surface area contributed by atoms with Crippen molar-refractivity contribution in [2.75, 3.05) is 17.9 Å². The Balaban J connectivity index is 1.65. The number of nitrogens with one attached hydrogen (secondary N) is 2. The predicted octanol–water partition coefficient (Wildman–Crippen LogP) is 4.34. The number of sulfonamides is 1. The van der Waals surface area contributed by atoms with Crippen LogP contribution in [0.5, 0.6) is 5.75 Å². The van der Waals surface area contributed by atoms with Gasteiger partial charge in [-0.1, -0.05) is 43.7 Å². The van der Waals surface area contributed by atoms with Gasteiger partial charge in [-0.2, -0.15) is 0 Å². The molecule has 0 aliphatic heterocycles. The maximum absolute atomic E-state index is 13.1. The summed E-state index contributed by atoms with van der Waals surface area (Å²) in [6, 6.07) is 19.2. The summed E-state index contributed by atoms with van der Waals surface area (Å²) in [6.45, 7) is 4.14. The molecule has 0 aliphatic rings. The molecular formula is C28H32FN3O5S. The molecule has 0 aliphatic carbocycles. The van der Waals surface area contributed by atoms with Crippen molar-refractivity contribution < 1.29 is 27.1 Å². The number of hydrogen-bond acceptors (Lipinski definition) is 5. The average molecular weight is 542 g/mol. The number of rotatable bonds is 13. The molecule has 8 nitrogen and oxygen atoms in total. The van der Waals surface area contributed by atoms with Crippen molar-refractivity contribution in [3.63, 3.8) is 0 Å². The summed E-state index contributed by atoms with van der Waals surface area (Å²) in [7, 11) is -3.90. The van der Waals surface area contributed by atoms with Crippen molar-refractivity contribution in [2.45, 2.75) is 44.2 Å². The first-order chi connectivity index (χ1) is 18.2. The van der Waals surface area contributed by atoms with Gasteiger partial charge in [-0.05, 0) is 67.4 Å². The highest BCUT2D eigenvalue weighted by atomic mass is 32.2. The van der Waals surface area contributed by atoms with Crippen LogP contribution in [0.15, 0.2) is 83.8 Å². The van der Waals surface area contributed by atoms with Gasteiger partial charge in [0, 0.05) is 18.8 Å². The second-order valence-electron chi connectivity index (χ2n) is 8.70. The highest BCUT2D eigenvalue weighted by Crippen LogP contribution is 2.20. The molecule has 0 bridgehead atoms. The first-order valence-electron chi connectivity index (χ1n) is 12.3. The van der Waals surface area contributed by atoms with Crippen molar-refractivity contribution in [3.8, 4) is 5.75 Å². The Morgan fingerprint density at radius 1 is 0.974 bits per heavy atom. The maximum Gasteiger partial charge on any atom is 0.261 e. The molecule has 0 aromatic heterocycles. The number of carbonyl (C=O) groups is 2. The maximum atomic E-state index is 13.1. The van der Waals surface area contributed by atoms with E-state index in [-0.39, 0.29) is 35.5 Å². The summed E-state index contributed by atoms with van der Waals surface area (Å²) < 4.78 is 46.3. The van der Waals surface area contributed by atoms with Crippen molar-refractivity contribution >= 4 is 27.5 Å². The van der Waals surface area contributed by atoms with Crippen molar-refractivity contribution in [2.24, 2.45) is 0 Å². The van der Waals surface area contributed by atoms with Crippen molar-refractivity contribution in [1.29, 1.82) is 0 Å². The Morgan fingerprint density at radius 2 is 1.63 bits per heavy atom. The Morgan fingerprint density at radius 3 is 2.26 bits per heavy atom. The molecule has 0 fully saturated rings. The number of hydrogen-bond donors (Lipinski definition) is 2. The molecule has 3 aromatic rings. The first-order valence-corrected chi connectivity index (χ1v) is 13.8. The molecule has 3 aromatic carbocycles. The third-order valence-electron chi connectivity index (χ3n) is 5.79. The normalized spacial score (nSPS) is 11.9. The van der Waals surface area contributed by atoms with Crippen LogP contribution in [0.4, 0.5) is 10.1 Å². The predicted molar refractivity (Wildman–Crippen MR) is 144 cm³/mol. The van der Waals surface area contributed by atoms with Gasteiger partial charge in [-0.15, -0.1) is 0 Å². The standard InChI is InChI=1S/C28H32FN3O5S/c1-3-4-18-30-28(34)21(2)32(19-22-8-6-5-7-9-22)27(33)20-37-25-14-16-26(17-15-25)38(35,36)31-24-12-10-23(29)11-13-24/h5-17,21,31H,3-4,18-20H2,1-2H3,(H,30,34)/t21-/m1/s1. The van der Waals surface area contributed by atoms with Crippen LogP contribution in [0, 0.1) is 5.82 Å². The minimum absolute atomic E-state index is 0.0245. The quantitative estimate of drug-likeness (QED) is 0.313. The van der Waals surface area contributed by atoms with Gasteiger partial charge in [0.15, 0.2) is 6.61 Å². The Labute approximate surface area is 222 Å². The van der Waals surface area contributed by atoms with Crippen LogP contribution in [0.1, 0.15) is 32.3 Å². The first kappa shape index (κ1) is 28.6. The summed E-state index contributed by atoms with van der Waals surface area (Å²) in [5.41, 5.74) is 1.10. The molecule has 2 amide bonds. The molecule has 0 saturated carbocycles. The molecule has 0 spiro atoms. The minimum atomic E-state index is -3.90. The Kier molecular flexibility index (Phi) is 10.2. The van der Waals surface area contributed by atoms with Crippen LogP contribution < -0.4 is 14.8 Å². The van der Waals surface area contributed by atoms with Gasteiger partial charge in [-0.25, -0.2) is 12.8 Å². The van der Waals surface area contributed by atoms with E-state index in [0.717, 1.165) is 30.5 Å². The van der Waals surface area contributed by atoms with E-state index >= 15 is 0 Å². The van der Waals surface area contributed by atoms with Gasteiger partial charge >= 0.3 is 0 Å². The summed E-state index contributed by atoms with van der Waals surface area (Å²) in [6.07, 6.45) is 1.79. The van der Waals surface area contributed by atoms with E-state index in [4.69, 9.17) is 4.74 Å². The minimum Gasteiger partial charge on any atom is -0.484 e. The average Bonchev–Trinajstić information content (AvgIpc) is 2.92. The molecule has 0 unspecified atom stereocenters. The molecule has 10 heteroatoms. The molecule has 0 saturated heterocycles. The van der Waals surface area contributed by atoms with Crippen molar-refractivity contribution in [3.05, 3.63) is 90.2 Å². The third-order valence-corrected chi connectivity index (χ3v) is 7.18. The van der Waals surface area contributed by atoms with E-state index in [1.54, 1.807) is 6.92 Å². The smallest absolute Gasteiger partial charge is 0.261 e. The third kappa shape index (κ3) is 8.31. The van der Waals surface area contributed by atoms with Crippen molar-refractivity contribution in [1.82, 2.24) is 10.2 Å². The summed E-state index contributed by atoms with van der Waals surface area (Å²) in [5, 5.41) is 2.86. The van der Waals surface area contributed by atoms with E-state index in [2.05, 4.69) is 10.0 Å². The van der Waals surface area contributed by atoms with Gasteiger partial charge in [-0.3, -0.25) is 14.3 Å². The Hall–Kier alpha value is -3.92. The van der Waals surface area contributed by atoms with E-state index in [9.17, 15) is 22.4 Å². The van der Waals surface area contributed by atoms with Crippen LogP contribution in [-0.2, 0) is 26.2 Å². The van der Waals surface area contributed by atoms with E-state index in [1.165, 1.54) is 41.3 Å². The molecule has 202 valence electrons. The lowest BCUT2D eigenvalue weighted by Gasteiger charge is -2.28. The summed E-state index contributed by atoms with van der Waals surface area (Å²) in [4.78, 5) is 27.3. The SMILES string of the molecule is CCCCNC(=O)[C@@H](C)N(Cc1ccccc1)C(=O)COc1ccc(S(=O)(=O)Nc2ccc(F)cc2)cc1. The number of carbonyl (C=O) groups excluding carboxylic acids is 2. The lowest BCUT2D eigenvalue weighted by molar-refractivity contribution is -0.142.